The van der Waals surface area contributed by atoms with Crippen LogP contribution in [-0.4, -0.2) is 23.1 Å². The van der Waals surface area contributed by atoms with Gasteiger partial charge in [-0.05, 0) is 49.6 Å². The Labute approximate surface area is 207 Å². The Bertz CT molecular complexity index is 1130. The summed E-state index contributed by atoms with van der Waals surface area (Å²) < 4.78 is 8.22. The lowest BCUT2D eigenvalue weighted by atomic mass is 10.1. The second-order valence-electron chi connectivity index (χ2n) is 7.68. The van der Waals surface area contributed by atoms with Crippen LogP contribution < -0.4 is 4.80 Å². The third kappa shape index (κ3) is 6.98. The third-order valence-electron chi connectivity index (χ3n) is 5.18. The number of ether oxygens (including phenoxy) is 1. The van der Waals surface area contributed by atoms with Crippen LogP contribution in [0, 0.1) is 0 Å². The summed E-state index contributed by atoms with van der Waals surface area (Å²) in [7, 11) is 0. The van der Waals surface area contributed by atoms with Crippen molar-refractivity contribution in [3.8, 4) is 0 Å². The highest BCUT2D eigenvalue weighted by atomic mass is 79.9. The number of amides is 1. The largest absolute Gasteiger partial charge is 0.461 e. The molecule has 1 amide bonds. The summed E-state index contributed by atoms with van der Waals surface area (Å²) >= 11 is 4.87. The molecule has 0 spiro atoms. The number of benzene rings is 2. The van der Waals surface area contributed by atoms with Crippen molar-refractivity contribution in [1.29, 1.82) is 0 Å². The summed E-state index contributed by atoms with van der Waals surface area (Å²) in [6, 6.07) is 16.9. The molecule has 0 unspecified atom stereocenters. The first kappa shape index (κ1) is 25.1. The first-order valence-corrected chi connectivity index (χ1v) is 12.9. The van der Waals surface area contributed by atoms with Crippen LogP contribution in [0.3, 0.4) is 0 Å². The van der Waals surface area contributed by atoms with Crippen LogP contribution in [0.15, 0.2) is 64.1 Å². The zero-order valence-corrected chi connectivity index (χ0v) is 21.5. The first-order chi connectivity index (χ1) is 16.0. The average molecular weight is 530 g/mol. The Kier molecular flexibility index (Phi) is 9.63. The Morgan fingerprint density at radius 2 is 1.73 bits per heavy atom. The van der Waals surface area contributed by atoms with Crippen LogP contribution in [0.5, 0.6) is 0 Å². The van der Waals surface area contributed by atoms with Gasteiger partial charge in [-0.3, -0.25) is 4.79 Å². The summed E-state index contributed by atoms with van der Waals surface area (Å²) in [4.78, 5) is 31.8. The fraction of sp³-hybridized carbons (Fsp3) is 0.346. The van der Waals surface area contributed by atoms with E-state index in [1.165, 1.54) is 11.3 Å². The number of rotatable bonds is 10. The number of thiazole rings is 1. The van der Waals surface area contributed by atoms with Crippen LogP contribution in [-0.2, 0) is 17.7 Å². The molecular formula is C26H29BrN2O3S. The molecule has 174 valence electrons. The van der Waals surface area contributed by atoms with Crippen molar-refractivity contribution in [2.75, 3.05) is 6.61 Å². The highest BCUT2D eigenvalue weighted by Gasteiger charge is 2.22. The van der Waals surface area contributed by atoms with E-state index in [4.69, 9.17) is 4.74 Å². The number of halogens is 1. The van der Waals surface area contributed by atoms with Gasteiger partial charge in [-0.2, -0.15) is 4.99 Å². The minimum Gasteiger partial charge on any atom is -0.461 e. The molecule has 0 aliphatic carbocycles. The molecule has 3 aromatic rings. The van der Waals surface area contributed by atoms with Crippen LogP contribution in [0.1, 0.15) is 70.8 Å². The van der Waals surface area contributed by atoms with Gasteiger partial charge in [0.15, 0.2) is 4.80 Å². The number of carbonyl (C=O) groups excluding carboxylic acids is 2. The molecule has 0 saturated carbocycles. The van der Waals surface area contributed by atoms with Crippen molar-refractivity contribution in [2.45, 2.75) is 52.5 Å². The quantitative estimate of drug-likeness (QED) is 0.226. The highest BCUT2D eigenvalue weighted by Crippen LogP contribution is 2.21. The fourth-order valence-corrected chi connectivity index (χ4v) is 4.92. The third-order valence-corrected chi connectivity index (χ3v) is 6.84. The van der Waals surface area contributed by atoms with Crippen LogP contribution in [0.4, 0.5) is 0 Å². The SMILES string of the molecule is CCCCCCc1sc(=NC(=O)c2ccccc2)n(Cc2ccc(Br)cc2)c1C(=O)OCC. The minimum absolute atomic E-state index is 0.289. The molecule has 0 saturated heterocycles. The van der Waals surface area contributed by atoms with Gasteiger partial charge in [-0.25, -0.2) is 4.79 Å². The van der Waals surface area contributed by atoms with Crippen LogP contribution in [0.25, 0.3) is 0 Å². The summed E-state index contributed by atoms with van der Waals surface area (Å²) in [5, 5.41) is 0. The summed E-state index contributed by atoms with van der Waals surface area (Å²) in [6.45, 7) is 4.69. The Hall–Kier alpha value is -2.51. The zero-order valence-electron chi connectivity index (χ0n) is 19.1. The van der Waals surface area contributed by atoms with Crippen LogP contribution >= 0.6 is 27.3 Å². The molecule has 1 heterocycles. The molecule has 0 aliphatic heterocycles. The molecule has 5 nitrogen and oxygen atoms in total. The Balaban J connectivity index is 2.09. The maximum absolute atomic E-state index is 13.0. The molecule has 0 aliphatic rings. The number of esters is 1. The number of hydrogen-bond acceptors (Lipinski definition) is 4. The van der Waals surface area contributed by atoms with Gasteiger partial charge in [0.1, 0.15) is 5.69 Å². The topological polar surface area (TPSA) is 60.7 Å². The molecule has 2 aromatic carbocycles. The van der Waals surface area contributed by atoms with E-state index in [1.54, 1.807) is 19.1 Å². The van der Waals surface area contributed by atoms with Gasteiger partial charge in [0.05, 0.1) is 13.2 Å². The number of aryl methyl sites for hydroxylation is 1. The van der Waals surface area contributed by atoms with Gasteiger partial charge in [-0.1, -0.05) is 72.4 Å². The van der Waals surface area contributed by atoms with Crippen LogP contribution in [0.2, 0.25) is 0 Å². The van der Waals surface area contributed by atoms with Crippen molar-refractivity contribution in [1.82, 2.24) is 4.57 Å². The van der Waals surface area contributed by atoms with Gasteiger partial charge in [-0.15, -0.1) is 11.3 Å². The van der Waals surface area contributed by atoms with Crippen molar-refractivity contribution in [2.24, 2.45) is 4.99 Å². The fourth-order valence-electron chi connectivity index (χ4n) is 3.50. The maximum atomic E-state index is 13.0. The van der Waals surface area contributed by atoms with E-state index in [1.807, 2.05) is 47.0 Å². The van der Waals surface area contributed by atoms with Gasteiger partial charge in [0.25, 0.3) is 5.91 Å². The molecule has 33 heavy (non-hydrogen) atoms. The maximum Gasteiger partial charge on any atom is 0.356 e. The molecule has 0 fully saturated rings. The van der Waals surface area contributed by atoms with Gasteiger partial charge in [0.2, 0.25) is 0 Å². The summed E-state index contributed by atoms with van der Waals surface area (Å²) in [6.07, 6.45) is 5.13. The molecule has 0 atom stereocenters. The van der Waals surface area contributed by atoms with E-state index in [9.17, 15) is 9.59 Å². The predicted octanol–water partition coefficient (Wildman–Crippen LogP) is 6.40. The van der Waals surface area contributed by atoms with Crippen molar-refractivity contribution >= 4 is 39.1 Å². The molecule has 7 heteroatoms. The van der Waals surface area contributed by atoms with E-state index in [2.05, 4.69) is 27.8 Å². The lowest BCUT2D eigenvalue weighted by molar-refractivity contribution is 0.0512. The van der Waals surface area contributed by atoms with E-state index >= 15 is 0 Å². The lowest BCUT2D eigenvalue weighted by Gasteiger charge is -2.10. The van der Waals surface area contributed by atoms with Gasteiger partial charge in [0, 0.05) is 14.9 Å². The number of carbonyl (C=O) groups is 2. The Morgan fingerprint density at radius 3 is 2.39 bits per heavy atom. The predicted molar refractivity (Wildman–Crippen MR) is 136 cm³/mol. The normalized spacial score (nSPS) is 11.5. The molecular weight excluding hydrogens is 500 g/mol. The standard InChI is InChI=1S/C26H29BrN2O3S/c1-3-5-6-10-13-22-23(25(31)32-4-2)29(18-19-14-16-21(27)17-15-19)26(33-22)28-24(30)20-11-8-7-9-12-20/h7-9,11-12,14-17H,3-6,10,13,18H2,1-2H3. The highest BCUT2D eigenvalue weighted by molar-refractivity contribution is 9.10. The number of hydrogen-bond donors (Lipinski definition) is 0. The van der Waals surface area contributed by atoms with E-state index in [0.29, 0.717) is 22.6 Å². The zero-order chi connectivity index (χ0) is 23.6. The first-order valence-electron chi connectivity index (χ1n) is 11.3. The van der Waals surface area contributed by atoms with E-state index < -0.39 is 0 Å². The number of aromatic nitrogens is 1. The van der Waals surface area contributed by atoms with Crippen molar-refractivity contribution in [3.05, 3.63) is 85.6 Å². The molecule has 1 aromatic heterocycles. The number of unbranched alkanes of at least 4 members (excludes halogenated alkanes) is 3. The van der Waals surface area contributed by atoms with E-state index in [-0.39, 0.29) is 18.5 Å². The smallest absolute Gasteiger partial charge is 0.356 e. The average Bonchev–Trinajstić information content (AvgIpc) is 3.15. The van der Waals surface area contributed by atoms with Crippen molar-refractivity contribution < 1.29 is 14.3 Å². The van der Waals surface area contributed by atoms with Gasteiger partial charge >= 0.3 is 5.97 Å². The summed E-state index contributed by atoms with van der Waals surface area (Å²) in [5.41, 5.74) is 2.02. The minimum atomic E-state index is -0.370. The molecule has 0 bridgehead atoms. The molecule has 0 N–H and O–H groups in total. The monoisotopic (exact) mass is 528 g/mol. The molecule has 0 radical (unpaired) electrons. The second kappa shape index (κ2) is 12.7. The number of nitrogens with zero attached hydrogens (tertiary/aromatic N) is 2. The van der Waals surface area contributed by atoms with E-state index in [0.717, 1.165) is 47.0 Å². The Morgan fingerprint density at radius 1 is 1.00 bits per heavy atom. The second-order valence-corrected chi connectivity index (χ2v) is 9.66. The summed E-state index contributed by atoms with van der Waals surface area (Å²) in [5.74, 6) is -0.695. The molecule has 3 rings (SSSR count). The lowest BCUT2D eigenvalue weighted by Crippen LogP contribution is -2.23. The van der Waals surface area contributed by atoms with Crippen molar-refractivity contribution in [3.63, 3.8) is 0 Å². The van der Waals surface area contributed by atoms with Gasteiger partial charge < -0.3 is 9.30 Å².